The van der Waals surface area contributed by atoms with E-state index in [-0.39, 0.29) is 17.4 Å². The van der Waals surface area contributed by atoms with E-state index in [0.29, 0.717) is 12.5 Å². The number of carbonyl (C=O) groups is 1. The van der Waals surface area contributed by atoms with E-state index >= 15 is 0 Å². The molecule has 0 spiro atoms. The van der Waals surface area contributed by atoms with Crippen LogP contribution >= 0.6 is 0 Å². The molecule has 1 saturated carbocycles. The van der Waals surface area contributed by atoms with Crippen molar-refractivity contribution in [3.05, 3.63) is 0 Å². The zero-order chi connectivity index (χ0) is 14.3. The Morgan fingerprint density at radius 3 is 2.21 bits per heavy atom. The Hall–Kier alpha value is -0.570. The lowest BCUT2D eigenvalue weighted by molar-refractivity contribution is -0.127. The van der Waals surface area contributed by atoms with Crippen LogP contribution < -0.4 is 11.1 Å². The minimum atomic E-state index is -0.242. The highest BCUT2D eigenvalue weighted by molar-refractivity contribution is 5.79. The van der Waals surface area contributed by atoms with Crippen molar-refractivity contribution in [3.63, 3.8) is 0 Å². The highest BCUT2D eigenvalue weighted by Crippen LogP contribution is 2.24. The molecule has 0 aromatic carbocycles. The lowest BCUT2D eigenvalue weighted by atomic mass is 9.87. The second kappa shape index (κ2) is 7.88. The van der Waals surface area contributed by atoms with Crippen molar-refractivity contribution in [2.75, 3.05) is 6.54 Å². The van der Waals surface area contributed by atoms with Crippen molar-refractivity contribution in [2.45, 2.75) is 77.7 Å². The van der Waals surface area contributed by atoms with Crippen LogP contribution in [0, 0.1) is 11.8 Å². The van der Waals surface area contributed by atoms with E-state index in [0.717, 1.165) is 19.3 Å². The summed E-state index contributed by atoms with van der Waals surface area (Å²) < 4.78 is 0. The van der Waals surface area contributed by atoms with E-state index in [1.54, 1.807) is 0 Å². The number of hydrogen-bond donors (Lipinski definition) is 2. The predicted molar refractivity (Wildman–Crippen MR) is 80.9 cm³/mol. The number of rotatable bonds is 5. The molecule has 112 valence electrons. The molecule has 0 bridgehead atoms. The van der Waals surface area contributed by atoms with Gasteiger partial charge >= 0.3 is 0 Å². The van der Waals surface area contributed by atoms with Crippen LogP contribution in [0.1, 0.15) is 72.1 Å². The number of hydrogen-bond acceptors (Lipinski definition) is 2. The zero-order valence-electron chi connectivity index (χ0n) is 13.0. The first kappa shape index (κ1) is 16.5. The third-order valence-electron chi connectivity index (χ3n) is 4.21. The lowest BCUT2D eigenvalue weighted by Gasteiger charge is -2.33. The number of nitrogens with two attached hydrogens (primary N) is 1. The van der Waals surface area contributed by atoms with Crippen LogP contribution in [-0.4, -0.2) is 18.0 Å². The zero-order valence-corrected chi connectivity index (χ0v) is 13.0. The quantitative estimate of drug-likeness (QED) is 0.804. The SMILES string of the molecule is CC(C)CC(C)(CN)NC(=O)C1CCCCCCC1. The Balaban J connectivity index is 2.54. The van der Waals surface area contributed by atoms with Gasteiger partial charge in [-0.25, -0.2) is 0 Å². The molecule has 3 heteroatoms. The molecular formula is C16H32N2O. The Labute approximate surface area is 118 Å². The highest BCUT2D eigenvalue weighted by atomic mass is 16.2. The number of nitrogens with one attached hydrogen (secondary N) is 1. The summed E-state index contributed by atoms with van der Waals surface area (Å²) in [5.74, 6) is 0.986. The number of carbonyl (C=O) groups excluding carboxylic acids is 1. The van der Waals surface area contributed by atoms with Crippen molar-refractivity contribution < 1.29 is 4.79 Å². The molecule has 1 aliphatic carbocycles. The lowest BCUT2D eigenvalue weighted by Crippen LogP contribution is -2.53. The van der Waals surface area contributed by atoms with Gasteiger partial charge in [-0.05, 0) is 32.1 Å². The average molecular weight is 268 g/mol. The highest BCUT2D eigenvalue weighted by Gasteiger charge is 2.29. The summed E-state index contributed by atoms with van der Waals surface area (Å²) >= 11 is 0. The molecular weight excluding hydrogens is 236 g/mol. The fourth-order valence-corrected chi connectivity index (χ4v) is 3.20. The van der Waals surface area contributed by atoms with Crippen LogP contribution in [0.4, 0.5) is 0 Å². The Morgan fingerprint density at radius 1 is 1.21 bits per heavy atom. The van der Waals surface area contributed by atoms with Crippen LogP contribution in [0.2, 0.25) is 0 Å². The number of amides is 1. The van der Waals surface area contributed by atoms with Crippen molar-refractivity contribution >= 4 is 5.91 Å². The summed E-state index contributed by atoms with van der Waals surface area (Å²) in [4.78, 5) is 12.5. The van der Waals surface area contributed by atoms with E-state index in [1.165, 1.54) is 32.1 Å². The summed E-state index contributed by atoms with van der Waals surface area (Å²) in [5, 5.41) is 3.23. The van der Waals surface area contributed by atoms with Crippen LogP contribution in [-0.2, 0) is 4.79 Å². The van der Waals surface area contributed by atoms with Gasteiger partial charge in [-0.2, -0.15) is 0 Å². The smallest absolute Gasteiger partial charge is 0.223 e. The summed E-state index contributed by atoms with van der Waals surface area (Å²) in [6.07, 6.45) is 9.34. The van der Waals surface area contributed by atoms with Crippen molar-refractivity contribution in [2.24, 2.45) is 17.6 Å². The minimum Gasteiger partial charge on any atom is -0.349 e. The molecule has 1 rings (SSSR count). The van der Waals surface area contributed by atoms with Gasteiger partial charge in [0.2, 0.25) is 5.91 Å². The van der Waals surface area contributed by atoms with Gasteiger partial charge < -0.3 is 11.1 Å². The largest absolute Gasteiger partial charge is 0.349 e. The van der Waals surface area contributed by atoms with Crippen molar-refractivity contribution in [1.82, 2.24) is 5.32 Å². The predicted octanol–water partition coefficient (Wildman–Crippen LogP) is 3.23. The topological polar surface area (TPSA) is 55.1 Å². The van der Waals surface area contributed by atoms with Crippen LogP contribution in [0.3, 0.4) is 0 Å². The Bertz CT molecular complexity index is 270. The molecule has 0 aromatic rings. The van der Waals surface area contributed by atoms with E-state index in [1.807, 2.05) is 0 Å². The van der Waals surface area contributed by atoms with Gasteiger partial charge in [0.1, 0.15) is 0 Å². The Morgan fingerprint density at radius 2 is 1.74 bits per heavy atom. The second-order valence-electron chi connectivity index (χ2n) is 6.89. The molecule has 0 saturated heterocycles. The normalized spacial score (nSPS) is 21.5. The summed E-state index contributed by atoms with van der Waals surface area (Å²) in [7, 11) is 0. The molecule has 1 unspecified atom stereocenters. The first-order valence-electron chi connectivity index (χ1n) is 7.99. The van der Waals surface area contributed by atoms with Gasteiger partial charge in [0.25, 0.3) is 0 Å². The summed E-state index contributed by atoms with van der Waals surface area (Å²) in [6.45, 7) is 6.95. The maximum atomic E-state index is 12.5. The van der Waals surface area contributed by atoms with Crippen LogP contribution in [0.25, 0.3) is 0 Å². The molecule has 1 amide bonds. The minimum absolute atomic E-state index is 0.207. The molecule has 3 nitrogen and oxygen atoms in total. The molecule has 0 aliphatic heterocycles. The maximum Gasteiger partial charge on any atom is 0.223 e. The molecule has 1 atom stereocenters. The van der Waals surface area contributed by atoms with Gasteiger partial charge in [-0.1, -0.05) is 46.0 Å². The first-order valence-corrected chi connectivity index (χ1v) is 7.99. The fraction of sp³-hybridized carbons (Fsp3) is 0.938. The van der Waals surface area contributed by atoms with Crippen LogP contribution in [0.5, 0.6) is 0 Å². The fourth-order valence-electron chi connectivity index (χ4n) is 3.20. The van der Waals surface area contributed by atoms with Crippen molar-refractivity contribution in [3.8, 4) is 0 Å². The van der Waals surface area contributed by atoms with Crippen molar-refractivity contribution in [1.29, 1.82) is 0 Å². The molecule has 19 heavy (non-hydrogen) atoms. The molecule has 0 radical (unpaired) electrons. The van der Waals surface area contributed by atoms with Gasteiger partial charge in [-0.3, -0.25) is 4.79 Å². The Kier molecular flexibility index (Phi) is 6.84. The second-order valence-corrected chi connectivity index (χ2v) is 6.89. The summed E-state index contributed by atoms with van der Waals surface area (Å²) in [6, 6.07) is 0. The standard InChI is InChI=1S/C16H32N2O/c1-13(2)11-16(3,12-17)18-15(19)14-9-7-5-4-6-8-10-14/h13-14H,4-12,17H2,1-3H3,(H,18,19). The van der Waals surface area contributed by atoms with Gasteiger partial charge in [0.15, 0.2) is 0 Å². The molecule has 3 N–H and O–H groups in total. The molecule has 0 heterocycles. The van der Waals surface area contributed by atoms with E-state index in [4.69, 9.17) is 5.73 Å². The van der Waals surface area contributed by atoms with E-state index < -0.39 is 0 Å². The van der Waals surface area contributed by atoms with Gasteiger partial charge in [-0.15, -0.1) is 0 Å². The third-order valence-corrected chi connectivity index (χ3v) is 4.21. The first-order chi connectivity index (χ1) is 8.97. The molecule has 1 aliphatic rings. The average Bonchev–Trinajstić information content (AvgIpc) is 2.26. The third kappa shape index (κ3) is 5.94. The summed E-state index contributed by atoms with van der Waals surface area (Å²) in [5.41, 5.74) is 5.63. The monoisotopic (exact) mass is 268 g/mol. The van der Waals surface area contributed by atoms with Gasteiger partial charge in [0.05, 0.1) is 0 Å². The molecule has 1 fully saturated rings. The van der Waals surface area contributed by atoms with E-state index in [9.17, 15) is 4.79 Å². The van der Waals surface area contributed by atoms with E-state index in [2.05, 4.69) is 26.1 Å². The maximum absolute atomic E-state index is 12.5. The van der Waals surface area contributed by atoms with Gasteiger partial charge in [0, 0.05) is 18.0 Å². The molecule has 0 aromatic heterocycles. The van der Waals surface area contributed by atoms with Crippen LogP contribution in [0.15, 0.2) is 0 Å².